The van der Waals surface area contributed by atoms with Crippen molar-refractivity contribution in [1.29, 1.82) is 0 Å². The van der Waals surface area contributed by atoms with Crippen molar-refractivity contribution in [2.45, 2.75) is 33.6 Å². The van der Waals surface area contributed by atoms with Gasteiger partial charge in [0.05, 0.1) is 6.61 Å². The SMILES string of the molecule is CC1(C)[C@@H]2CC[C@]1(C)C(=O)[C@@H]2CO. The molecule has 74 valence electrons. The number of carbonyl (C=O) groups excluding carboxylic acids is 1. The second-order valence-electron chi connectivity index (χ2n) is 5.35. The Hall–Kier alpha value is -0.370. The lowest BCUT2D eigenvalue weighted by molar-refractivity contribution is -0.132. The van der Waals surface area contributed by atoms with Crippen LogP contribution in [0.2, 0.25) is 0 Å². The van der Waals surface area contributed by atoms with Gasteiger partial charge in [-0.3, -0.25) is 4.79 Å². The van der Waals surface area contributed by atoms with Crippen molar-refractivity contribution >= 4 is 5.78 Å². The number of ketones is 1. The van der Waals surface area contributed by atoms with Crippen LogP contribution >= 0.6 is 0 Å². The average molecular weight is 182 g/mol. The maximum Gasteiger partial charge on any atom is 0.144 e. The Bertz CT molecular complexity index is 257. The van der Waals surface area contributed by atoms with Gasteiger partial charge in [-0.25, -0.2) is 0 Å². The number of carbonyl (C=O) groups is 1. The molecule has 13 heavy (non-hydrogen) atoms. The molecule has 2 bridgehead atoms. The first-order valence-electron chi connectivity index (χ1n) is 5.10. The van der Waals surface area contributed by atoms with E-state index in [4.69, 9.17) is 0 Å². The molecular formula is C11H18O2. The summed E-state index contributed by atoms with van der Waals surface area (Å²) in [6.07, 6.45) is 2.13. The van der Waals surface area contributed by atoms with E-state index in [-0.39, 0.29) is 23.4 Å². The van der Waals surface area contributed by atoms with Crippen LogP contribution in [0.1, 0.15) is 33.6 Å². The molecule has 0 heterocycles. The van der Waals surface area contributed by atoms with Crippen LogP contribution in [0.15, 0.2) is 0 Å². The largest absolute Gasteiger partial charge is 0.396 e. The Morgan fingerprint density at radius 3 is 2.38 bits per heavy atom. The quantitative estimate of drug-likeness (QED) is 0.669. The Balaban J connectivity index is 2.44. The summed E-state index contributed by atoms with van der Waals surface area (Å²) < 4.78 is 0. The van der Waals surface area contributed by atoms with E-state index in [1.165, 1.54) is 0 Å². The van der Waals surface area contributed by atoms with Crippen molar-refractivity contribution in [1.82, 2.24) is 0 Å². The second kappa shape index (κ2) is 2.35. The van der Waals surface area contributed by atoms with E-state index in [1.807, 2.05) is 0 Å². The summed E-state index contributed by atoms with van der Waals surface area (Å²) in [6.45, 7) is 6.48. The van der Waals surface area contributed by atoms with E-state index in [0.29, 0.717) is 11.7 Å². The molecule has 0 aromatic rings. The predicted octanol–water partition coefficient (Wildman–Crippen LogP) is 1.62. The fourth-order valence-electron chi connectivity index (χ4n) is 3.48. The molecule has 2 aliphatic carbocycles. The highest BCUT2D eigenvalue weighted by molar-refractivity contribution is 5.91. The van der Waals surface area contributed by atoms with Crippen molar-refractivity contribution in [3.63, 3.8) is 0 Å². The van der Waals surface area contributed by atoms with Crippen LogP contribution in [-0.2, 0) is 4.79 Å². The van der Waals surface area contributed by atoms with E-state index in [2.05, 4.69) is 20.8 Å². The van der Waals surface area contributed by atoms with Gasteiger partial charge in [-0.15, -0.1) is 0 Å². The molecule has 0 aliphatic heterocycles. The summed E-state index contributed by atoms with van der Waals surface area (Å²) in [4.78, 5) is 12.0. The molecule has 0 amide bonds. The summed E-state index contributed by atoms with van der Waals surface area (Å²) in [5, 5.41) is 9.18. The molecule has 2 heteroatoms. The zero-order valence-corrected chi connectivity index (χ0v) is 8.63. The van der Waals surface area contributed by atoms with Gasteiger partial charge in [0.15, 0.2) is 0 Å². The Labute approximate surface area is 79.3 Å². The van der Waals surface area contributed by atoms with Gasteiger partial charge in [0.2, 0.25) is 0 Å². The third kappa shape index (κ3) is 0.804. The summed E-state index contributed by atoms with van der Waals surface area (Å²) in [7, 11) is 0. The molecule has 2 saturated carbocycles. The lowest BCUT2D eigenvalue weighted by atomic mass is 9.70. The number of hydrogen-bond donors (Lipinski definition) is 1. The molecule has 2 nitrogen and oxygen atoms in total. The van der Waals surface area contributed by atoms with E-state index < -0.39 is 0 Å². The van der Waals surface area contributed by atoms with Gasteiger partial charge in [-0.1, -0.05) is 20.8 Å². The van der Waals surface area contributed by atoms with Crippen LogP contribution in [0.3, 0.4) is 0 Å². The van der Waals surface area contributed by atoms with Gasteiger partial charge >= 0.3 is 0 Å². The van der Waals surface area contributed by atoms with Crippen molar-refractivity contribution in [2.75, 3.05) is 6.61 Å². The normalized spacial score (nSPS) is 47.2. The molecule has 2 fully saturated rings. The zero-order chi connectivity index (χ0) is 9.85. The van der Waals surface area contributed by atoms with Crippen molar-refractivity contribution in [3.8, 4) is 0 Å². The van der Waals surface area contributed by atoms with Crippen LogP contribution in [0.4, 0.5) is 0 Å². The molecule has 3 atom stereocenters. The standard InChI is InChI=1S/C11H18O2/c1-10(2)8-4-5-11(10,3)9(13)7(8)6-12/h7-8,12H,4-6H2,1-3H3/t7-,8-,11-/m1/s1. The lowest BCUT2D eigenvalue weighted by Crippen LogP contribution is -2.34. The number of Topliss-reactive ketones (excluding diaryl/α,β-unsaturated/α-hetero) is 1. The summed E-state index contributed by atoms with van der Waals surface area (Å²) in [5.41, 5.74) is -0.0669. The number of fused-ring (bicyclic) bond motifs is 2. The Morgan fingerprint density at radius 2 is 2.08 bits per heavy atom. The van der Waals surface area contributed by atoms with Gasteiger partial charge in [0.1, 0.15) is 5.78 Å². The second-order valence-corrected chi connectivity index (χ2v) is 5.35. The van der Waals surface area contributed by atoms with Gasteiger partial charge in [0.25, 0.3) is 0 Å². The molecule has 2 aliphatic rings. The smallest absolute Gasteiger partial charge is 0.144 e. The maximum absolute atomic E-state index is 12.0. The highest BCUT2D eigenvalue weighted by Crippen LogP contribution is 2.65. The molecule has 0 aromatic carbocycles. The van der Waals surface area contributed by atoms with Crippen LogP contribution in [0.25, 0.3) is 0 Å². The number of aliphatic hydroxyl groups is 1. The lowest BCUT2D eigenvalue weighted by Gasteiger charge is -2.32. The van der Waals surface area contributed by atoms with E-state index in [0.717, 1.165) is 12.8 Å². The molecule has 0 saturated heterocycles. The van der Waals surface area contributed by atoms with E-state index in [1.54, 1.807) is 0 Å². The minimum Gasteiger partial charge on any atom is -0.396 e. The third-order valence-electron chi connectivity index (χ3n) is 4.87. The first kappa shape index (κ1) is 9.20. The maximum atomic E-state index is 12.0. The number of aliphatic hydroxyl groups excluding tert-OH is 1. The monoisotopic (exact) mass is 182 g/mol. The summed E-state index contributed by atoms with van der Waals surface area (Å²) in [6, 6.07) is 0. The highest BCUT2D eigenvalue weighted by atomic mass is 16.3. The van der Waals surface area contributed by atoms with Crippen molar-refractivity contribution < 1.29 is 9.90 Å². The molecule has 0 unspecified atom stereocenters. The number of hydrogen-bond acceptors (Lipinski definition) is 2. The van der Waals surface area contributed by atoms with Crippen molar-refractivity contribution in [2.24, 2.45) is 22.7 Å². The fraction of sp³-hybridized carbons (Fsp3) is 0.909. The minimum absolute atomic E-state index is 0.0442. The summed E-state index contributed by atoms with van der Waals surface area (Å²) >= 11 is 0. The van der Waals surface area contributed by atoms with Crippen molar-refractivity contribution in [3.05, 3.63) is 0 Å². The van der Waals surface area contributed by atoms with Crippen LogP contribution in [0, 0.1) is 22.7 Å². The third-order valence-corrected chi connectivity index (χ3v) is 4.87. The predicted molar refractivity (Wildman–Crippen MR) is 50.2 cm³/mol. The Kier molecular flexibility index (Phi) is 1.66. The van der Waals surface area contributed by atoms with Crippen LogP contribution in [0.5, 0.6) is 0 Å². The van der Waals surface area contributed by atoms with Gasteiger partial charge in [-0.2, -0.15) is 0 Å². The first-order valence-corrected chi connectivity index (χ1v) is 5.10. The molecule has 0 radical (unpaired) electrons. The molecule has 0 spiro atoms. The average Bonchev–Trinajstić information content (AvgIpc) is 2.36. The van der Waals surface area contributed by atoms with Gasteiger partial charge in [-0.05, 0) is 24.2 Å². The molecule has 0 aromatic heterocycles. The number of rotatable bonds is 1. The van der Waals surface area contributed by atoms with Crippen LogP contribution in [-0.4, -0.2) is 17.5 Å². The topological polar surface area (TPSA) is 37.3 Å². The van der Waals surface area contributed by atoms with Gasteiger partial charge in [0, 0.05) is 11.3 Å². The van der Waals surface area contributed by atoms with E-state index >= 15 is 0 Å². The summed E-state index contributed by atoms with van der Waals surface area (Å²) in [5.74, 6) is 0.639. The minimum atomic E-state index is -0.162. The molecule has 1 N–H and O–H groups in total. The fourth-order valence-corrected chi connectivity index (χ4v) is 3.48. The zero-order valence-electron chi connectivity index (χ0n) is 8.63. The van der Waals surface area contributed by atoms with Gasteiger partial charge < -0.3 is 5.11 Å². The van der Waals surface area contributed by atoms with E-state index in [9.17, 15) is 9.90 Å². The van der Waals surface area contributed by atoms with Crippen LogP contribution < -0.4 is 0 Å². The molecular weight excluding hydrogens is 164 g/mol. The molecule has 2 rings (SSSR count). The highest BCUT2D eigenvalue weighted by Gasteiger charge is 2.65. The first-order chi connectivity index (χ1) is 5.95. The Morgan fingerprint density at radius 1 is 1.46 bits per heavy atom.